The van der Waals surface area contributed by atoms with Crippen molar-refractivity contribution in [2.45, 2.75) is 6.42 Å². The third-order valence-electron chi connectivity index (χ3n) is 3.28. The number of benzene rings is 2. The summed E-state index contributed by atoms with van der Waals surface area (Å²) in [5.41, 5.74) is 0.596. The van der Waals surface area contributed by atoms with Gasteiger partial charge in [-0.25, -0.2) is 0 Å². The Hall–Kier alpha value is -2.40. The van der Waals surface area contributed by atoms with Gasteiger partial charge in [-0.15, -0.1) is 0 Å². The van der Waals surface area contributed by atoms with Gasteiger partial charge < -0.3 is 15.4 Å². The summed E-state index contributed by atoms with van der Waals surface area (Å²) >= 11 is 0. The average Bonchev–Trinajstić information content (AvgIpc) is 2.54. The molecule has 0 fully saturated rings. The number of ether oxygens (including phenoxy) is 1. The molecule has 0 saturated carbocycles. The van der Waals surface area contributed by atoms with E-state index in [-0.39, 0.29) is 18.2 Å². The summed E-state index contributed by atoms with van der Waals surface area (Å²) in [5, 5.41) is 7.57. The van der Waals surface area contributed by atoms with Crippen LogP contribution in [0.4, 0.5) is 0 Å². The molecule has 0 heterocycles. The molecule has 0 unspecified atom stereocenters. The van der Waals surface area contributed by atoms with Gasteiger partial charge in [0.2, 0.25) is 5.91 Å². The number of carbonyl (C=O) groups is 2. The molecule has 2 rings (SSSR count). The van der Waals surface area contributed by atoms with Gasteiger partial charge in [-0.3, -0.25) is 9.59 Å². The van der Waals surface area contributed by atoms with E-state index in [1.54, 1.807) is 13.2 Å². The number of methoxy groups -OCH3 is 1. The van der Waals surface area contributed by atoms with Gasteiger partial charge >= 0.3 is 0 Å². The largest absolute Gasteiger partial charge is 0.383 e. The number of fused-ring (bicyclic) bond motifs is 1. The van der Waals surface area contributed by atoms with E-state index in [2.05, 4.69) is 10.6 Å². The van der Waals surface area contributed by atoms with Crippen LogP contribution in [-0.4, -0.2) is 38.6 Å². The van der Waals surface area contributed by atoms with E-state index in [1.165, 1.54) is 0 Å². The van der Waals surface area contributed by atoms with Crippen LogP contribution in [0.1, 0.15) is 16.8 Å². The van der Waals surface area contributed by atoms with Crippen molar-refractivity contribution in [1.82, 2.24) is 10.6 Å². The molecule has 0 atom stereocenters. The molecule has 5 nitrogen and oxygen atoms in total. The van der Waals surface area contributed by atoms with Crippen molar-refractivity contribution in [3.8, 4) is 0 Å². The second-order valence-corrected chi connectivity index (χ2v) is 4.91. The van der Waals surface area contributed by atoms with Gasteiger partial charge in [0.05, 0.1) is 6.61 Å². The van der Waals surface area contributed by atoms with Gasteiger partial charge in [-0.1, -0.05) is 30.3 Å². The number of rotatable bonds is 7. The molecular weight excluding hydrogens is 280 g/mol. The highest BCUT2D eigenvalue weighted by Crippen LogP contribution is 2.15. The zero-order valence-corrected chi connectivity index (χ0v) is 12.6. The number of hydrogen-bond acceptors (Lipinski definition) is 3. The van der Waals surface area contributed by atoms with Crippen LogP contribution in [0.25, 0.3) is 10.8 Å². The van der Waals surface area contributed by atoms with Crippen LogP contribution >= 0.6 is 0 Å². The van der Waals surface area contributed by atoms with Crippen molar-refractivity contribution < 1.29 is 14.3 Å². The fourth-order valence-corrected chi connectivity index (χ4v) is 2.10. The molecule has 2 amide bonds. The Morgan fingerprint density at radius 2 is 1.77 bits per heavy atom. The zero-order valence-electron chi connectivity index (χ0n) is 12.6. The molecule has 2 aromatic carbocycles. The Kier molecular flexibility index (Phi) is 5.91. The molecule has 0 spiro atoms. The molecule has 0 aliphatic heterocycles. The maximum atomic E-state index is 12.1. The zero-order chi connectivity index (χ0) is 15.8. The van der Waals surface area contributed by atoms with Gasteiger partial charge in [0.15, 0.2) is 0 Å². The first-order valence-electron chi connectivity index (χ1n) is 7.23. The lowest BCUT2D eigenvalue weighted by Crippen LogP contribution is -2.32. The fraction of sp³-hybridized carbons (Fsp3) is 0.294. The van der Waals surface area contributed by atoms with E-state index in [9.17, 15) is 9.59 Å². The van der Waals surface area contributed by atoms with Crippen molar-refractivity contribution >= 4 is 22.6 Å². The summed E-state index contributed by atoms with van der Waals surface area (Å²) in [6.45, 7) is 1.27. The lowest BCUT2D eigenvalue weighted by molar-refractivity contribution is -0.121. The quantitative estimate of drug-likeness (QED) is 0.765. The number of carbonyl (C=O) groups excluding carboxylic acids is 2. The fourth-order valence-electron chi connectivity index (χ4n) is 2.10. The van der Waals surface area contributed by atoms with Crippen molar-refractivity contribution in [3.05, 3.63) is 48.0 Å². The summed E-state index contributed by atoms with van der Waals surface area (Å²) in [4.78, 5) is 23.6. The first-order chi connectivity index (χ1) is 10.7. The summed E-state index contributed by atoms with van der Waals surface area (Å²) < 4.78 is 4.84. The minimum Gasteiger partial charge on any atom is -0.383 e. The van der Waals surface area contributed by atoms with Crippen LogP contribution < -0.4 is 10.6 Å². The molecule has 0 aromatic heterocycles. The van der Waals surface area contributed by atoms with Crippen molar-refractivity contribution in [3.63, 3.8) is 0 Å². The number of hydrogen-bond donors (Lipinski definition) is 2. The summed E-state index contributed by atoms with van der Waals surface area (Å²) in [5.74, 6) is -0.272. The predicted octanol–water partition coefficient (Wildman–Crippen LogP) is 1.72. The van der Waals surface area contributed by atoms with Gasteiger partial charge in [0, 0.05) is 32.2 Å². The molecule has 2 N–H and O–H groups in total. The standard InChI is InChI=1S/C17H20N2O3/c1-22-11-10-18-16(20)8-9-19-17(21)15-7-6-13-4-2-3-5-14(13)12-15/h2-7,12H,8-11H2,1H3,(H,18,20)(H,19,21). The number of amides is 2. The van der Waals surface area contributed by atoms with E-state index in [1.807, 2.05) is 36.4 Å². The van der Waals surface area contributed by atoms with Crippen LogP contribution in [0.5, 0.6) is 0 Å². The van der Waals surface area contributed by atoms with Crippen molar-refractivity contribution in [2.75, 3.05) is 26.8 Å². The highest BCUT2D eigenvalue weighted by Gasteiger charge is 2.07. The van der Waals surface area contributed by atoms with E-state index in [0.29, 0.717) is 25.3 Å². The minimum absolute atomic E-state index is 0.101. The highest BCUT2D eigenvalue weighted by molar-refractivity contribution is 5.98. The Morgan fingerprint density at radius 3 is 2.55 bits per heavy atom. The van der Waals surface area contributed by atoms with Crippen LogP contribution in [0.3, 0.4) is 0 Å². The first kappa shape index (κ1) is 16.0. The lowest BCUT2D eigenvalue weighted by Gasteiger charge is -2.07. The number of nitrogens with one attached hydrogen (secondary N) is 2. The molecule has 2 aromatic rings. The molecule has 0 saturated heterocycles. The predicted molar refractivity (Wildman–Crippen MR) is 85.8 cm³/mol. The van der Waals surface area contributed by atoms with E-state index < -0.39 is 0 Å². The third-order valence-corrected chi connectivity index (χ3v) is 3.28. The Bertz CT molecular complexity index is 655. The second-order valence-electron chi connectivity index (χ2n) is 4.91. The summed E-state index contributed by atoms with van der Waals surface area (Å²) in [7, 11) is 1.58. The molecule has 0 aliphatic carbocycles. The summed E-state index contributed by atoms with van der Waals surface area (Å²) in [6, 6.07) is 13.4. The maximum Gasteiger partial charge on any atom is 0.251 e. The SMILES string of the molecule is COCCNC(=O)CCNC(=O)c1ccc2ccccc2c1. The second kappa shape index (κ2) is 8.14. The molecule has 0 bridgehead atoms. The average molecular weight is 300 g/mol. The van der Waals surface area contributed by atoms with E-state index >= 15 is 0 Å². The van der Waals surface area contributed by atoms with Crippen LogP contribution in [-0.2, 0) is 9.53 Å². The topological polar surface area (TPSA) is 67.4 Å². The van der Waals surface area contributed by atoms with Crippen LogP contribution in [0.2, 0.25) is 0 Å². The molecule has 0 radical (unpaired) electrons. The molecular formula is C17H20N2O3. The Labute approximate surface area is 129 Å². The van der Waals surface area contributed by atoms with E-state index in [0.717, 1.165) is 10.8 Å². The van der Waals surface area contributed by atoms with Crippen molar-refractivity contribution in [2.24, 2.45) is 0 Å². The Balaban J connectivity index is 1.82. The van der Waals surface area contributed by atoms with Crippen LogP contribution in [0.15, 0.2) is 42.5 Å². The van der Waals surface area contributed by atoms with Gasteiger partial charge in [0.25, 0.3) is 5.91 Å². The smallest absolute Gasteiger partial charge is 0.251 e. The Morgan fingerprint density at radius 1 is 1.00 bits per heavy atom. The molecule has 22 heavy (non-hydrogen) atoms. The molecule has 5 heteroatoms. The van der Waals surface area contributed by atoms with Gasteiger partial charge in [-0.05, 0) is 22.9 Å². The third kappa shape index (κ3) is 4.56. The maximum absolute atomic E-state index is 12.1. The molecule has 116 valence electrons. The van der Waals surface area contributed by atoms with Gasteiger partial charge in [0.1, 0.15) is 0 Å². The first-order valence-corrected chi connectivity index (χ1v) is 7.23. The monoisotopic (exact) mass is 300 g/mol. The van der Waals surface area contributed by atoms with Crippen LogP contribution in [0, 0.1) is 0 Å². The highest BCUT2D eigenvalue weighted by atomic mass is 16.5. The lowest BCUT2D eigenvalue weighted by atomic mass is 10.1. The van der Waals surface area contributed by atoms with E-state index in [4.69, 9.17) is 4.74 Å². The minimum atomic E-state index is -0.171. The van der Waals surface area contributed by atoms with Gasteiger partial charge in [-0.2, -0.15) is 0 Å². The molecule has 0 aliphatic rings. The normalized spacial score (nSPS) is 10.4. The summed E-state index contributed by atoms with van der Waals surface area (Å²) in [6.07, 6.45) is 0.253. The van der Waals surface area contributed by atoms with Crippen molar-refractivity contribution in [1.29, 1.82) is 0 Å².